The first kappa shape index (κ1) is 15.0. The predicted molar refractivity (Wildman–Crippen MR) is 74.3 cm³/mol. The van der Waals surface area contributed by atoms with E-state index < -0.39 is 5.82 Å². The van der Waals surface area contributed by atoms with Crippen molar-refractivity contribution in [3.8, 4) is 11.5 Å². The molecule has 0 spiro atoms. The van der Waals surface area contributed by atoms with Gasteiger partial charge in [-0.05, 0) is 22.0 Å². The maximum Gasteiger partial charge on any atom is 0.223 e. The lowest BCUT2D eigenvalue weighted by atomic mass is 10.2. The summed E-state index contributed by atoms with van der Waals surface area (Å²) in [4.78, 5) is 7.39. The monoisotopic (exact) mass is 333 g/mol. The molecule has 0 atom stereocenters. The van der Waals surface area contributed by atoms with Crippen LogP contribution < -0.4 is 26.7 Å². The molecule has 104 valence electrons. The van der Waals surface area contributed by atoms with Gasteiger partial charge in [0.2, 0.25) is 11.8 Å². The van der Waals surface area contributed by atoms with Crippen LogP contribution in [0.1, 0.15) is 0 Å². The minimum absolute atomic E-state index is 0.00351. The lowest BCUT2D eigenvalue weighted by Gasteiger charge is -2.11. The lowest BCUT2D eigenvalue weighted by molar-refractivity contribution is 0.350. The summed E-state index contributed by atoms with van der Waals surface area (Å²) in [6, 6.07) is 1.47. The maximum absolute atomic E-state index is 14.0. The van der Waals surface area contributed by atoms with Gasteiger partial charge in [0.1, 0.15) is 5.69 Å². The summed E-state index contributed by atoms with van der Waals surface area (Å²) < 4.78 is 24.2. The van der Waals surface area contributed by atoms with E-state index in [2.05, 4.69) is 25.9 Å². The molecular weight excluding hydrogens is 321 g/mol. The van der Waals surface area contributed by atoms with Gasteiger partial charge < -0.3 is 26.7 Å². The molecule has 6 N–H and O–H groups in total. The Bertz CT molecular complexity index is 543. The largest absolute Gasteiger partial charge is 0.492 e. The number of nitrogens with zero attached hydrogens (tertiary/aromatic N) is 2. The van der Waals surface area contributed by atoms with Crippen molar-refractivity contribution in [2.24, 2.45) is 27.2 Å². The normalized spacial score (nSPS) is 11.1. The highest BCUT2D eigenvalue weighted by molar-refractivity contribution is 9.10. The highest BCUT2D eigenvalue weighted by Gasteiger charge is 2.18. The van der Waals surface area contributed by atoms with E-state index in [0.717, 1.165) is 0 Å². The number of nitrogens with two attached hydrogens (primary N) is 3. The zero-order valence-electron chi connectivity index (χ0n) is 10.3. The SMILES string of the molecule is COc1c(Br)cc(N=C(N)N=C(N)N)c(OC)c1F. The number of benzene rings is 1. The molecule has 0 unspecified atom stereocenters. The second-order valence-corrected chi connectivity index (χ2v) is 4.12. The number of aliphatic imine (C=N–C) groups is 2. The van der Waals surface area contributed by atoms with Crippen molar-refractivity contribution in [3.63, 3.8) is 0 Å². The molecule has 0 aromatic heterocycles. The second kappa shape index (κ2) is 6.23. The number of halogens is 2. The van der Waals surface area contributed by atoms with Crippen LogP contribution in [0.3, 0.4) is 0 Å². The minimum Gasteiger partial charge on any atom is -0.492 e. The van der Waals surface area contributed by atoms with Gasteiger partial charge in [-0.1, -0.05) is 0 Å². The second-order valence-electron chi connectivity index (χ2n) is 3.26. The molecule has 0 aliphatic heterocycles. The third-order valence-electron chi connectivity index (χ3n) is 2.00. The van der Waals surface area contributed by atoms with Gasteiger partial charge in [0.25, 0.3) is 0 Å². The average molecular weight is 334 g/mol. The fourth-order valence-electron chi connectivity index (χ4n) is 1.32. The highest BCUT2D eigenvalue weighted by atomic mass is 79.9. The van der Waals surface area contributed by atoms with E-state index in [1.54, 1.807) is 0 Å². The minimum atomic E-state index is -0.712. The maximum atomic E-state index is 14.0. The van der Waals surface area contributed by atoms with Gasteiger partial charge in [-0.25, -0.2) is 4.99 Å². The Morgan fingerprint density at radius 3 is 2.26 bits per heavy atom. The van der Waals surface area contributed by atoms with E-state index >= 15 is 0 Å². The van der Waals surface area contributed by atoms with Crippen LogP contribution in [0.5, 0.6) is 11.5 Å². The summed E-state index contributed by atoms with van der Waals surface area (Å²) in [5.41, 5.74) is 15.9. The molecule has 1 aromatic carbocycles. The fraction of sp³-hybridized carbons (Fsp3) is 0.200. The van der Waals surface area contributed by atoms with Crippen LogP contribution >= 0.6 is 15.9 Å². The molecule has 1 rings (SSSR count). The van der Waals surface area contributed by atoms with Crippen LogP contribution in [0, 0.1) is 5.82 Å². The molecule has 9 heteroatoms. The van der Waals surface area contributed by atoms with Crippen LogP contribution in [0.4, 0.5) is 10.1 Å². The quantitative estimate of drug-likeness (QED) is 0.558. The van der Waals surface area contributed by atoms with Crippen LogP contribution in [-0.4, -0.2) is 26.1 Å². The number of guanidine groups is 2. The van der Waals surface area contributed by atoms with Crippen molar-refractivity contribution in [3.05, 3.63) is 16.4 Å². The molecule has 0 radical (unpaired) electrons. The zero-order valence-corrected chi connectivity index (χ0v) is 11.9. The van der Waals surface area contributed by atoms with Crippen LogP contribution in [0.15, 0.2) is 20.5 Å². The van der Waals surface area contributed by atoms with Crippen molar-refractivity contribution in [2.45, 2.75) is 0 Å². The predicted octanol–water partition coefficient (Wildman–Crippen LogP) is 0.825. The molecule has 0 fully saturated rings. The van der Waals surface area contributed by atoms with E-state index in [4.69, 9.17) is 26.7 Å². The van der Waals surface area contributed by atoms with Gasteiger partial charge in [0, 0.05) is 0 Å². The third-order valence-corrected chi connectivity index (χ3v) is 2.59. The lowest BCUT2D eigenvalue weighted by Crippen LogP contribution is -2.26. The smallest absolute Gasteiger partial charge is 0.223 e. The van der Waals surface area contributed by atoms with Gasteiger partial charge >= 0.3 is 0 Å². The van der Waals surface area contributed by atoms with Crippen LogP contribution in [-0.2, 0) is 0 Å². The molecular formula is C10H13BrFN5O2. The first-order valence-corrected chi connectivity index (χ1v) is 5.73. The molecule has 7 nitrogen and oxygen atoms in total. The summed E-state index contributed by atoms with van der Waals surface area (Å²) in [7, 11) is 2.63. The Kier molecular flexibility index (Phi) is 4.93. The summed E-state index contributed by atoms with van der Waals surface area (Å²) in [6.45, 7) is 0. The number of hydrogen-bond acceptors (Lipinski definition) is 3. The van der Waals surface area contributed by atoms with Gasteiger partial charge in [-0.3, -0.25) is 0 Å². The molecule has 0 heterocycles. The third kappa shape index (κ3) is 3.47. The summed E-state index contributed by atoms with van der Waals surface area (Å²) in [6.07, 6.45) is 0. The van der Waals surface area contributed by atoms with Crippen molar-refractivity contribution in [1.29, 1.82) is 0 Å². The number of hydrogen-bond donors (Lipinski definition) is 3. The van der Waals surface area contributed by atoms with Gasteiger partial charge in [0.05, 0.1) is 18.7 Å². The zero-order chi connectivity index (χ0) is 14.6. The van der Waals surface area contributed by atoms with Crippen molar-refractivity contribution in [1.82, 2.24) is 0 Å². The number of methoxy groups -OCH3 is 2. The molecule has 1 aromatic rings. The summed E-state index contributed by atoms with van der Waals surface area (Å²) in [5.74, 6) is -1.33. The van der Waals surface area contributed by atoms with E-state index in [1.165, 1.54) is 20.3 Å². The number of rotatable bonds is 3. The molecule has 0 aliphatic rings. The molecule has 0 amide bonds. The molecule has 0 aliphatic carbocycles. The Labute approximate surface area is 117 Å². The Morgan fingerprint density at radius 2 is 1.79 bits per heavy atom. The number of ether oxygens (including phenoxy) is 2. The topological polar surface area (TPSA) is 121 Å². The van der Waals surface area contributed by atoms with E-state index in [1.807, 2.05) is 0 Å². The van der Waals surface area contributed by atoms with Crippen LogP contribution in [0.2, 0.25) is 0 Å². The average Bonchev–Trinajstić information content (AvgIpc) is 2.28. The van der Waals surface area contributed by atoms with Gasteiger partial charge in [-0.15, -0.1) is 0 Å². The first-order valence-electron chi connectivity index (χ1n) is 4.94. The molecule has 0 bridgehead atoms. The highest BCUT2D eigenvalue weighted by Crippen LogP contribution is 2.41. The van der Waals surface area contributed by atoms with Crippen molar-refractivity contribution < 1.29 is 13.9 Å². The van der Waals surface area contributed by atoms with E-state index in [-0.39, 0.29) is 29.1 Å². The fourth-order valence-corrected chi connectivity index (χ4v) is 1.87. The van der Waals surface area contributed by atoms with Gasteiger partial charge in [0.15, 0.2) is 17.5 Å². The summed E-state index contributed by atoms with van der Waals surface area (Å²) >= 11 is 3.15. The molecule has 0 saturated carbocycles. The Hall–Kier alpha value is -2.03. The van der Waals surface area contributed by atoms with Crippen LogP contribution in [0.25, 0.3) is 0 Å². The molecule has 0 saturated heterocycles. The Balaban J connectivity index is 3.41. The van der Waals surface area contributed by atoms with Crippen molar-refractivity contribution in [2.75, 3.05) is 14.2 Å². The van der Waals surface area contributed by atoms with Crippen molar-refractivity contribution >= 4 is 33.5 Å². The standard InChI is InChI=1S/C10H13BrFN5O2/c1-18-7-4(11)3-5(8(19-2)6(7)12)16-10(15)17-9(13)14/h3H,1-2H3,(H6,13,14,15,16,17). The first-order chi connectivity index (χ1) is 8.90. The Morgan fingerprint density at radius 1 is 1.21 bits per heavy atom. The van der Waals surface area contributed by atoms with E-state index in [9.17, 15) is 4.39 Å². The van der Waals surface area contributed by atoms with Gasteiger partial charge in [-0.2, -0.15) is 9.38 Å². The summed E-state index contributed by atoms with van der Waals surface area (Å²) in [5, 5.41) is 0. The van der Waals surface area contributed by atoms with E-state index in [0.29, 0.717) is 4.47 Å². The molecule has 19 heavy (non-hydrogen) atoms.